The summed E-state index contributed by atoms with van der Waals surface area (Å²) < 4.78 is 0. The van der Waals surface area contributed by atoms with Crippen LogP contribution in [-0.4, -0.2) is 9.97 Å². The van der Waals surface area contributed by atoms with Gasteiger partial charge < -0.3 is 5.32 Å². The Labute approximate surface area is 116 Å². The van der Waals surface area contributed by atoms with Crippen molar-refractivity contribution in [2.24, 2.45) is 0 Å². The van der Waals surface area contributed by atoms with Crippen LogP contribution in [0.2, 0.25) is 0 Å². The Balaban J connectivity index is 1.74. The van der Waals surface area contributed by atoms with Crippen molar-refractivity contribution in [3.63, 3.8) is 0 Å². The molecule has 0 unspecified atom stereocenters. The van der Waals surface area contributed by atoms with Crippen molar-refractivity contribution in [1.29, 1.82) is 0 Å². The maximum Gasteiger partial charge on any atom is 0.0925 e. The molecule has 19 heavy (non-hydrogen) atoms. The zero-order valence-corrected chi connectivity index (χ0v) is 11.6. The normalized spacial score (nSPS) is 10.8. The number of benzene rings is 1. The van der Waals surface area contributed by atoms with E-state index in [2.05, 4.69) is 34.3 Å². The summed E-state index contributed by atoms with van der Waals surface area (Å²) in [4.78, 5) is 10.1. The molecule has 0 aliphatic carbocycles. The molecule has 0 fully saturated rings. The lowest BCUT2D eigenvalue weighted by atomic mass is 10.2. The smallest absolute Gasteiger partial charge is 0.0925 e. The molecule has 0 aliphatic heterocycles. The maximum atomic E-state index is 4.44. The lowest BCUT2D eigenvalue weighted by Crippen LogP contribution is -1.97. The molecule has 1 N–H and O–H groups in total. The maximum absolute atomic E-state index is 4.44. The van der Waals surface area contributed by atoms with Gasteiger partial charge in [0.1, 0.15) is 0 Å². The number of hydrogen-bond donors (Lipinski definition) is 1. The summed E-state index contributed by atoms with van der Waals surface area (Å²) in [6, 6.07) is 10.3. The molecule has 3 nitrogen and oxygen atoms in total. The molecule has 3 aromatic rings. The summed E-state index contributed by atoms with van der Waals surface area (Å²) in [6.45, 7) is 2.93. The molecule has 0 saturated heterocycles. The first-order valence-corrected chi connectivity index (χ1v) is 7.19. The van der Waals surface area contributed by atoms with Crippen LogP contribution in [-0.2, 0) is 13.0 Å². The van der Waals surface area contributed by atoms with Crippen LogP contribution in [0, 0.1) is 0 Å². The van der Waals surface area contributed by atoms with Crippen LogP contribution in [0.4, 0.5) is 5.69 Å². The van der Waals surface area contributed by atoms with Gasteiger partial charge in [-0.15, -0.1) is 11.3 Å². The lowest BCUT2D eigenvalue weighted by molar-refractivity contribution is 1.09. The molecule has 0 amide bonds. The van der Waals surface area contributed by atoms with Crippen molar-refractivity contribution in [3.8, 4) is 0 Å². The third kappa shape index (κ3) is 2.74. The monoisotopic (exact) mass is 269 g/mol. The van der Waals surface area contributed by atoms with E-state index in [0.29, 0.717) is 0 Å². The lowest BCUT2D eigenvalue weighted by Gasteiger charge is -2.05. The molecule has 3 rings (SSSR count). The third-order valence-corrected chi connectivity index (χ3v) is 4.10. The van der Waals surface area contributed by atoms with Crippen molar-refractivity contribution < 1.29 is 0 Å². The summed E-state index contributed by atoms with van der Waals surface area (Å²) in [5.74, 6) is 0. The first-order chi connectivity index (χ1) is 9.35. The van der Waals surface area contributed by atoms with Crippen LogP contribution in [0.1, 0.15) is 16.8 Å². The number of nitrogens with one attached hydrogen (secondary N) is 1. The Hall–Kier alpha value is -1.94. The highest BCUT2D eigenvalue weighted by Gasteiger charge is 2.01. The van der Waals surface area contributed by atoms with Crippen LogP contribution in [0.5, 0.6) is 0 Å². The standard InChI is InChI=1S/C15H15N3S/c1-2-15-18-10-13(19-15)9-16-12-7-11-5-3-4-6-14(11)17-8-12/h3-8,10,16H,2,9H2,1H3. The van der Waals surface area contributed by atoms with Gasteiger partial charge in [-0.25, -0.2) is 4.98 Å². The molecular weight excluding hydrogens is 254 g/mol. The number of pyridine rings is 1. The van der Waals surface area contributed by atoms with Gasteiger partial charge in [0.05, 0.1) is 29.0 Å². The number of anilines is 1. The molecule has 2 aromatic heterocycles. The minimum Gasteiger partial charge on any atom is -0.379 e. The fourth-order valence-corrected chi connectivity index (χ4v) is 2.75. The zero-order chi connectivity index (χ0) is 13.1. The summed E-state index contributed by atoms with van der Waals surface area (Å²) >= 11 is 1.76. The van der Waals surface area contributed by atoms with E-state index in [1.807, 2.05) is 30.6 Å². The number of nitrogens with zero attached hydrogens (tertiary/aromatic N) is 2. The Morgan fingerprint density at radius 3 is 2.89 bits per heavy atom. The Morgan fingerprint density at radius 1 is 1.16 bits per heavy atom. The van der Waals surface area contributed by atoms with Gasteiger partial charge in [0, 0.05) is 16.5 Å². The highest BCUT2D eigenvalue weighted by molar-refractivity contribution is 7.11. The summed E-state index contributed by atoms with van der Waals surface area (Å²) in [5.41, 5.74) is 2.07. The minimum atomic E-state index is 0.803. The van der Waals surface area contributed by atoms with Crippen molar-refractivity contribution in [2.75, 3.05) is 5.32 Å². The first-order valence-electron chi connectivity index (χ1n) is 6.37. The van der Waals surface area contributed by atoms with Crippen molar-refractivity contribution in [2.45, 2.75) is 19.9 Å². The van der Waals surface area contributed by atoms with E-state index in [1.165, 1.54) is 9.88 Å². The van der Waals surface area contributed by atoms with Gasteiger partial charge in [-0.3, -0.25) is 4.98 Å². The highest BCUT2D eigenvalue weighted by Crippen LogP contribution is 2.18. The molecular formula is C15H15N3S. The second-order valence-corrected chi connectivity index (χ2v) is 5.54. The van der Waals surface area contributed by atoms with Crippen LogP contribution < -0.4 is 5.32 Å². The fraction of sp³-hybridized carbons (Fsp3) is 0.200. The molecule has 1 aromatic carbocycles. The van der Waals surface area contributed by atoms with Gasteiger partial charge in [-0.05, 0) is 18.6 Å². The molecule has 96 valence electrons. The predicted molar refractivity (Wildman–Crippen MR) is 80.6 cm³/mol. The number of aromatic nitrogens is 2. The van der Waals surface area contributed by atoms with Crippen LogP contribution in [0.15, 0.2) is 42.7 Å². The van der Waals surface area contributed by atoms with E-state index in [-0.39, 0.29) is 0 Å². The predicted octanol–water partition coefficient (Wildman–Crippen LogP) is 3.87. The SMILES string of the molecule is CCc1ncc(CNc2cnc3ccccc3c2)s1. The van der Waals surface area contributed by atoms with E-state index in [9.17, 15) is 0 Å². The molecule has 2 heterocycles. The largest absolute Gasteiger partial charge is 0.379 e. The highest BCUT2D eigenvalue weighted by atomic mass is 32.1. The molecule has 0 atom stereocenters. The van der Waals surface area contributed by atoms with E-state index in [0.717, 1.165) is 29.6 Å². The summed E-state index contributed by atoms with van der Waals surface area (Å²) in [6.07, 6.45) is 4.83. The van der Waals surface area contributed by atoms with E-state index < -0.39 is 0 Å². The Kier molecular flexibility index (Phi) is 3.42. The quantitative estimate of drug-likeness (QED) is 0.781. The van der Waals surface area contributed by atoms with Gasteiger partial charge in [0.2, 0.25) is 0 Å². The molecule has 4 heteroatoms. The number of thiazole rings is 1. The van der Waals surface area contributed by atoms with Gasteiger partial charge in [-0.2, -0.15) is 0 Å². The van der Waals surface area contributed by atoms with E-state index in [4.69, 9.17) is 0 Å². The van der Waals surface area contributed by atoms with Crippen LogP contribution >= 0.6 is 11.3 Å². The summed E-state index contributed by atoms with van der Waals surface area (Å²) in [7, 11) is 0. The second-order valence-electron chi connectivity index (χ2n) is 4.34. The fourth-order valence-electron chi connectivity index (χ4n) is 1.95. The van der Waals surface area contributed by atoms with Crippen LogP contribution in [0.3, 0.4) is 0 Å². The van der Waals surface area contributed by atoms with Crippen molar-refractivity contribution in [3.05, 3.63) is 52.6 Å². The minimum absolute atomic E-state index is 0.803. The van der Waals surface area contributed by atoms with E-state index >= 15 is 0 Å². The van der Waals surface area contributed by atoms with Gasteiger partial charge in [-0.1, -0.05) is 25.1 Å². The molecule has 0 spiro atoms. The second kappa shape index (κ2) is 5.36. The van der Waals surface area contributed by atoms with Crippen molar-refractivity contribution in [1.82, 2.24) is 9.97 Å². The average Bonchev–Trinajstić information content (AvgIpc) is 2.93. The molecule has 0 saturated carbocycles. The molecule has 0 bridgehead atoms. The van der Waals surface area contributed by atoms with Crippen molar-refractivity contribution >= 4 is 27.9 Å². The van der Waals surface area contributed by atoms with Gasteiger partial charge in [0.25, 0.3) is 0 Å². The number of aryl methyl sites for hydroxylation is 1. The summed E-state index contributed by atoms with van der Waals surface area (Å²) in [5, 5.41) is 5.75. The molecule has 0 radical (unpaired) electrons. The number of rotatable bonds is 4. The Bertz CT molecular complexity index is 690. The average molecular weight is 269 g/mol. The number of hydrogen-bond acceptors (Lipinski definition) is 4. The van der Waals surface area contributed by atoms with Gasteiger partial charge >= 0.3 is 0 Å². The van der Waals surface area contributed by atoms with E-state index in [1.54, 1.807) is 11.3 Å². The molecule has 0 aliphatic rings. The Morgan fingerprint density at radius 2 is 2.05 bits per heavy atom. The topological polar surface area (TPSA) is 37.8 Å². The van der Waals surface area contributed by atoms with Crippen LogP contribution in [0.25, 0.3) is 10.9 Å². The number of para-hydroxylation sites is 1. The first kappa shape index (κ1) is 12.1. The zero-order valence-electron chi connectivity index (χ0n) is 10.8. The third-order valence-electron chi connectivity index (χ3n) is 2.96. The number of fused-ring (bicyclic) bond motifs is 1. The van der Waals surface area contributed by atoms with Gasteiger partial charge in [0.15, 0.2) is 0 Å².